The maximum atomic E-state index is 13.3. The van der Waals surface area contributed by atoms with Gasteiger partial charge in [0.25, 0.3) is 0 Å². The summed E-state index contributed by atoms with van der Waals surface area (Å²) in [6.45, 7) is 4.17. The van der Waals surface area contributed by atoms with Gasteiger partial charge < -0.3 is 36.5 Å². The highest BCUT2D eigenvalue weighted by molar-refractivity contribution is 5.92. The summed E-state index contributed by atoms with van der Waals surface area (Å²) in [4.78, 5) is 50.7. The third-order valence-electron chi connectivity index (χ3n) is 5.94. The lowest BCUT2D eigenvalue weighted by atomic mass is 10.0. The molecule has 0 aliphatic heterocycles. The van der Waals surface area contributed by atoms with Gasteiger partial charge in [-0.2, -0.15) is 0 Å². The molecule has 7 N–H and O–H groups in total. The smallest absolute Gasteiger partial charge is 0.408 e. The second kappa shape index (κ2) is 17.2. The predicted molar refractivity (Wildman–Crippen MR) is 152 cm³/mol. The van der Waals surface area contributed by atoms with Gasteiger partial charge in [-0.25, -0.2) is 4.79 Å². The molecular weight excluding hydrogens is 512 g/mol. The Balaban J connectivity index is 2.07. The van der Waals surface area contributed by atoms with E-state index in [-0.39, 0.29) is 24.9 Å². The minimum absolute atomic E-state index is 0.0276. The van der Waals surface area contributed by atoms with Crippen LogP contribution in [-0.2, 0) is 32.1 Å². The minimum atomic E-state index is -1.01. The molecular formula is C29H40N6O5. The van der Waals surface area contributed by atoms with E-state index in [1.807, 2.05) is 74.5 Å². The van der Waals surface area contributed by atoms with Crippen molar-refractivity contribution < 1.29 is 23.9 Å². The van der Waals surface area contributed by atoms with Crippen LogP contribution in [0.4, 0.5) is 4.79 Å². The fraction of sp³-hybridized carbons (Fsp3) is 0.414. The molecule has 0 aromatic heterocycles. The standard InChI is InChI=1S/C29H40N6O5/c1-20(2)16-25(27(38)33-23(18-36)17-21-10-5-3-6-11-21)34-26(37)24(14-9-15-32-28(30)31)35-29(39)40-19-22-12-7-4-8-13-22/h3-8,10-13,18,20,23-25H,9,14-17,19H2,1-2H3,(H,33,38)(H,34,37)(H,35,39)(H4,30,31,32)/t23-,24-,25-/m0/s1. The van der Waals surface area contributed by atoms with Crippen molar-refractivity contribution in [1.82, 2.24) is 21.3 Å². The van der Waals surface area contributed by atoms with Crippen molar-refractivity contribution in [1.29, 1.82) is 5.41 Å². The van der Waals surface area contributed by atoms with Crippen LogP contribution in [0.3, 0.4) is 0 Å². The maximum Gasteiger partial charge on any atom is 0.408 e. The molecule has 0 saturated carbocycles. The summed E-state index contributed by atoms with van der Waals surface area (Å²) in [5, 5.41) is 18.0. The lowest BCUT2D eigenvalue weighted by Gasteiger charge is -2.25. The van der Waals surface area contributed by atoms with Crippen molar-refractivity contribution in [3.05, 3.63) is 71.8 Å². The average Bonchev–Trinajstić information content (AvgIpc) is 2.93. The number of rotatable bonds is 16. The van der Waals surface area contributed by atoms with Crippen LogP contribution in [0.2, 0.25) is 0 Å². The zero-order valence-corrected chi connectivity index (χ0v) is 23.0. The number of nitrogens with one attached hydrogen (secondary N) is 5. The Labute approximate surface area is 235 Å². The molecule has 0 spiro atoms. The zero-order chi connectivity index (χ0) is 29.3. The number of carbonyl (C=O) groups is 4. The first-order valence-corrected chi connectivity index (χ1v) is 13.3. The third kappa shape index (κ3) is 12.4. The van der Waals surface area contributed by atoms with Gasteiger partial charge in [0.1, 0.15) is 25.0 Å². The van der Waals surface area contributed by atoms with Crippen molar-refractivity contribution in [3.8, 4) is 0 Å². The number of benzene rings is 2. The molecule has 0 heterocycles. The molecule has 11 heteroatoms. The van der Waals surface area contributed by atoms with E-state index in [9.17, 15) is 19.2 Å². The minimum Gasteiger partial charge on any atom is -0.445 e. The number of guanidine groups is 1. The summed E-state index contributed by atoms with van der Waals surface area (Å²) in [6, 6.07) is 15.7. The second-order valence-electron chi connectivity index (χ2n) is 9.87. The highest BCUT2D eigenvalue weighted by Crippen LogP contribution is 2.09. The van der Waals surface area contributed by atoms with Crippen LogP contribution in [0.15, 0.2) is 60.7 Å². The van der Waals surface area contributed by atoms with E-state index in [4.69, 9.17) is 15.9 Å². The van der Waals surface area contributed by atoms with Crippen molar-refractivity contribution in [2.24, 2.45) is 11.7 Å². The molecule has 3 atom stereocenters. The summed E-state index contributed by atoms with van der Waals surface area (Å²) in [5.41, 5.74) is 7.00. The summed E-state index contributed by atoms with van der Waals surface area (Å²) >= 11 is 0. The van der Waals surface area contributed by atoms with E-state index in [0.717, 1.165) is 11.1 Å². The molecule has 2 aromatic carbocycles. The van der Waals surface area contributed by atoms with E-state index in [0.29, 0.717) is 32.1 Å². The van der Waals surface area contributed by atoms with Crippen LogP contribution in [0.25, 0.3) is 0 Å². The topological polar surface area (TPSA) is 175 Å². The number of nitrogens with two attached hydrogens (primary N) is 1. The third-order valence-corrected chi connectivity index (χ3v) is 5.94. The zero-order valence-electron chi connectivity index (χ0n) is 23.0. The summed E-state index contributed by atoms with van der Waals surface area (Å²) in [6.07, 6.45) is 1.14. The number of carbonyl (C=O) groups excluding carboxylic acids is 4. The fourth-order valence-corrected chi connectivity index (χ4v) is 3.96. The van der Waals surface area contributed by atoms with E-state index in [1.54, 1.807) is 0 Å². The average molecular weight is 553 g/mol. The lowest BCUT2D eigenvalue weighted by molar-refractivity contribution is -0.131. The van der Waals surface area contributed by atoms with Gasteiger partial charge in [-0.15, -0.1) is 0 Å². The van der Waals surface area contributed by atoms with Gasteiger partial charge in [0.15, 0.2) is 5.96 Å². The molecule has 0 bridgehead atoms. The van der Waals surface area contributed by atoms with Crippen LogP contribution in [0, 0.1) is 11.3 Å². The molecule has 0 fully saturated rings. The Hall–Kier alpha value is -4.41. The molecule has 3 amide bonds. The molecule has 0 aliphatic carbocycles. The van der Waals surface area contributed by atoms with Crippen molar-refractivity contribution in [2.45, 2.75) is 64.3 Å². The Bertz CT molecular complexity index is 1100. The van der Waals surface area contributed by atoms with Crippen LogP contribution in [0.1, 0.15) is 44.2 Å². The van der Waals surface area contributed by atoms with E-state index >= 15 is 0 Å². The number of alkyl carbamates (subject to hydrolysis) is 1. The highest BCUT2D eigenvalue weighted by atomic mass is 16.5. The second-order valence-corrected chi connectivity index (χ2v) is 9.87. The first kappa shape index (κ1) is 31.8. The van der Waals surface area contributed by atoms with Gasteiger partial charge in [0.2, 0.25) is 11.8 Å². The van der Waals surface area contributed by atoms with Gasteiger partial charge >= 0.3 is 6.09 Å². The maximum absolute atomic E-state index is 13.3. The number of hydrogen-bond donors (Lipinski definition) is 6. The quantitative estimate of drug-likeness (QED) is 0.0799. The molecule has 216 valence electrons. The van der Waals surface area contributed by atoms with Gasteiger partial charge in [-0.3, -0.25) is 15.0 Å². The number of amides is 3. The predicted octanol–water partition coefficient (Wildman–Crippen LogP) is 2.00. The molecule has 0 unspecified atom stereocenters. The summed E-state index contributed by atoms with van der Waals surface area (Å²) in [7, 11) is 0. The van der Waals surface area contributed by atoms with Crippen LogP contribution >= 0.6 is 0 Å². The van der Waals surface area contributed by atoms with Gasteiger partial charge in [0.05, 0.1) is 6.04 Å². The first-order valence-electron chi connectivity index (χ1n) is 13.3. The molecule has 0 saturated heterocycles. The number of aldehydes is 1. The van der Waals surface area contributed by atoms with Crippen LogP contribution < -0.4 is 27.0 Å². The van der Waals surface area contributed by atoms with Crippen LogP contribution in [0.5, 0.6) is 0 Å². The Kier molecular flexibility index (Phi) is 13.7. The van der Waals surface area contributed by atoms with Crippen LogP contribution in [-0.4, -0.2) is 54.8 Å². The molecule has 2 aromatic rings. The SMILES string of the molecule is CC(C)C[C@H](NC(=O)[C@H](CCCNC(=N)N)NC(=O)OCc1ccccc1)C(=O)N[C@H](C=O)Cc1ccccc1. The molecule has 0 aliphatic rings. The largest absolute Gasteiger partial charge is 0.445 e. The monoisotopic (exact) mass is 552 g/mol. The van der Waals surface area contributed by atoms with Crippen molar-refractivity contribution >= 4 is 30.2 Å². The summed E-state index contributed by atoms with van der Waals surface area (Å²) < 4.78 is 5.28. The molecule has 2 rings (SSSR count). The van der Waals surface area contributed by atoms with E-state index in [1.165, 1.54) is 0 Å². The van der Waals surface area contributed by atoms with E-state index in [2.05, 4.69) is 21.3 Å². The first-order chi connectivity index (χ1) is 19.2. The number of ether oxygens (including phenoxy) is 1. The molecule has 40 heavy (non-hydrogen) atoms. The lowest BCUT2D eigenvalue weighted by Crippen LogP contribution is -2.55. The van der Waals surface area contributed by atoms with Gasteiger partial charge in [0, 0.05) is 6.54 Å². The molecule has 11 nitrogen and oxygen atoms in total. The Morgan fingerprint density at radius 2 is 1.50 bits per heavy atom. The highest BCUT2D eigenvalue weighted by Gasteiger charge is 2.28. The molecule has 0 radical (unpaired) electrons. The van der Waals surface area contributed by atoms with Gasteiger partial charge in [-0.1, -0.05) is 74.5 Å². The fourth-order valence-electron chi connectivity index (χ4n) is 3.96. The van der Waals surface area contributed by atoms with Crippen molar-refractivity contribution in [2.75, 3.05) is 6.54 Å². The summed E-state index contributed by atoms with van der Waals surface area (Å²) in [5.74, 6) is -1.20. The van der Waals surface area contributed by atoms with Crippen molar-refractivity contribution in [3.63, 3.8) is 0 Å². The van der Waals surface area contributed by atoms with Gasteiger partial charge in [-0.05, 0) is 42.7 Å². The Morgan fingerprint density at radius 1 is 0.900 bits per heavy atom. The normalized spacial score (nSPS) is 12.9. The van der Waals surface area contributed by atoms with E-state index < -0.39 is 36.0 Å². The Morgan fingerprint density at radius 3 is 2.08 bits per heavy atom. The number of hydrogen-bond acceptors (Lipinski definition) is 6.